The molecule has 0 spiro atoms. The Morgan fingerprint density at radius 3 is 2.80 bits per heavy atom. The van der Waals surface area contributed by atoms with E-state index < -0.39 is 5.97 Å². The number of halogens is 1. The van der Waals surface area contributed by atoms with Crippen LogP contribution in [0, 0.1) is 0 Å². The predicted molar refractivity (Wildman–Crippen MR) is 96.2 cm³/mol. The van der Waals surface area contributed by atoms with E-state index in [9.17, 15) is 9.59 Å². The van der Waals surface area contributed by atoms with Crippen molar-refractivity contribution >= 4 is 23.5 Å². The zero-order valence-corrected chi connectivity index (χ0v) is 15.5. The Labute approximate surface area is 153 Å². The second-order valence-corrected chi connectivity index (χ2v) is 6.84. The van der Waals surface area contributed by atoms with Gasteiger partial charge in [-0.05, 0) is 44.5 Å². The maximum atomic E-state index is 12.7. The summed E-state index contributed by atoms with van der Waals surface area (Å²) in [4.78, 5) is 27.3. The monoisotopic (exact) mass is 368 g/mol. The van der Waals surface area contributed by atoms with Crippen LogP contribution in [-0.2, 0) is 16.0 Å². The molecule has 25 heavy (non-hydrogen) atoms. The number of hydrogen-bond acceptors (Lipinski definition) is 4. The highest BCUT2D eigenvalue weighted by molar-refractivity contribution is 6.30. The molecule has 1 aliphatic heterocycles. The van der Waals surface area contributed by atoms with Crippen LogP contribution in [0.15, 0.2) is 18.2 Å². The molecular formula is C18H25ClN2O4. The van der Waals surface area contributed by atoms with E-state index >= 15 is 0 Å². The number of aliphatic carboxylic acids is 1. The number of nitrogens with zero attached hydrogens (tertiary/aromatic N) is 2. The number of methoxy groups -OCH3 is 1. The van der Waals surface area contributed by atoms with E-state index in [1.54, 1.807) is 25.3 Å². The molecule has 0 bridgehead atoms. The molecule has 6 nitrogen and oxygen atoms in total. The number of carbonyl (C=O) groups is 2. The Bertz CT molecular complexity index is 623. The third-order valence-electron chi connectivity index (χ3n) is 4.64. The van der Waals surface area contributed by atoms with Gasteiger partial charge in [0.2, 0.25) is 5.91 Å². The molecule has 0 aromatic heterocycles. The molecule has 7 heteroatoms. The quantitative estimate of drug-likeness (QED) is 0.834. The summed E-state index contributed by atoms with van der Waals surface area (Å²) in [6, 6.07) is 5.46. The van der Waals surface area contributed by atoms with Crippen LogP contribution in [0.3, 0.4) is 0 Å². The Hall–Kier alpha value is -1.79. The molecule has 1 atom stereocenters. The van der Waals surface area contributed by atoms with Crippen molar-refractivity contribution in [1.29, 1.82) is 0 Å². The van der Waals surface area contributed by atoms with Crippen LogP contribution >= 0.6 is 11.6 Å². The van der Waals surface area contributed by atoms with Crippen molar-refractivity contribution in [2.45, 2.75) is 31.7 Å². The Balaban J connectivity index is 1.97. The molecule has 1 fully saturated rings. The highest BCUT2D eigenvalue weighted by Crippen LogP contribution is 2.24. The van der Waals surface area contributed by atoms with Crippen LogP contribution in [0.2, 0.25) is 5.02 Å². The molecule has 1 aromatic carbocycles. The van der Waals surface area contributed by atoms with Crippen molar-refractivity contribution in [3.8, 4) is 5.75 Å². The average molecular weight is 369 g/mol. The second kappa shape index (κ2) is 9.06. The van der Waals surface area contributed by atoms with Crippen molar-refractivity contribution in [2.24, 2.45) is 0 Å². The summed E-state index contributed by atoms with van der Waals surface area (Å²) in [7, 11) is 3.40. The summed E-state index contributed by atoms with van der Waals surface area (Å²) in [5, 5.41) is 9.51. The van der Waals surface area contributed by atoms with Gasteiger partial charge in [0.15, 0.2) is 0 Å². The first-order chi connectivity index (χ1) is 11.9. The Kier molecular flexibility index (Phi) is 7.08. The summed E-state index contributed by atoms with van der Waals surface area (Å²) in [5.74, 6) is -0.124. The van der Waals surface area contributed by atoms with Gasteiger partial charge in [0.25, 0.3) is 0 Å². The van der Waals surface area contributed by atoms with Crippen LogP contribution < -0.4 is 4.74 Å². The van der Waals surface area contributed by atoms with E-state index in [0.29, 0.717) is 23.9 Å². The van der Waals surface area contributed by atoms with E-state index in [1.807, 2.05) is 16.8 Å². The standard InChI is InChI=1S/C18H25ClN2O4/c1-20(12-18(23)24)15-4-3-8-21(9-7-15)17(22)11-13-10-14(19)5-6-16(13)25-2/h5-6,10,15H,3-4,7-9,11-12H2,1-2H3,(H,23,24)/t15-/m1/s1. The van der Waals surface area contributed by atoms with E-state index in [2.05, 4.69) is 0 Å². The van der Waals surface area contributed by atoms with Gasteiger partial charge in [-0.25, -0.2) is 0 Å². The zero-order valence-electron chi connectivity index (χ0n) is 14.7. The van der Waals surface area contributed by atoms with Crippen LogP contribution in [0.25, 0.3) is 0 Å². The van der Waals surface area contributed by atoms with Crippen LogP contribution in [0.4, 0.5) is 0 Å². The SMILES string of the molecule is COc1ccc(Cl)cc1CC(=O)N1CCC[C@@H](N(C)CC(=O)O)CC1. The first kappa shape index (κ1) is 19.5. The molecule has 1 N–H and O–H groups in total. The molecule has 0 radical (unpaired) electrons. The summed E-state index contributed by atoms with van der Waals surface area (Å²) < 4.78 is 5.31. The lowest BCUT2D eigenvalue weighted by molar-refractivity contribution is -0.138. The first-order valence-corrected chi connectivity index (χ1v) is 8.80. The van der Waals surface area contributed by atoms with Crippen LogP contribution in [0.1, 0.15) is 24.8 Å². The van der Waals surface area contributed by atoms with Crippen LogP contribution in [0.5, 0.6) is 5.75 Å². The molecule has 1 amide bonds. The number of amides is 1. The highest BCUT2D eigenvalue weighted by atomic mass is 35.5. The molecule has 138 valence electrons. The lowest BCUT2D eigenvalue weighted by Gasteiger charge is -2.25. The Morgan fingerprint density at radius 2 is 2.12 bits per heavy atom. The molecule has 0 aliphatic carbocycles. The topological polar surface area (TPSA) is 70.1 Å². The van der Waals surface area contributed by atoms with E-state index in [-0.39, 0.29) is 24.9 Å². The number of rotatable bonds is 6. The van der Waals surface area contributed by atoms with E-state index in [4.69, 9.17) is 21.4 Å². The smallest absolute Gasteiger partial charge is 0.317 e. The molecule has 1 aromatic rings. The molecule has 1 saturated heterocycles. The minimum absolute atomic E-state index is 0.0261. The van der Waals surface area contributed by atoms with Gasteiger partial charge < -0.3 is 14.7 Å². The maximum Gasteiger partial charge on any atom is 0.317 e. The van der Waals surface area contributed by atoms with Crippen molar-refractivity contribution in [3.05, 3.63) is 28.8 Å². The van der Waals surface area contributed by atoms with Gasteiger partial charge in [-0.1, -0.05) is 11.6 Å². The molecule has 2 rings (SSSR count). The van der Waals surface area contributed by atoms with E-state index in [0.717, 1.165) is 24.8 Å². The molecular weight excluding hydrogens is 344 g/mol. The number of likely N-dealkylation sites (N-methyl/N-ethyl adjacent to an activating group) is 1. The molecule has 0 unspecified atom stereocenters. The number of likely N-dealkylation sites (tertiary alicyclic amines) is 1. The van der Waals surface area contributed by atoms with Gasteiger partial charge in [-0.3, -0.25) is 14.5 Å². The van der Waals surface area contributed by atoms with Gasteiger partial charge >= 0.3 is 5.97 Å². The molecule has 0 saturated carbocycles. The van der Waals surface area contributed by atoms with Crippen LogP contribution in [-0.4, -0.2) is 66.6 Å². The van der Waals surface area contributed by atoms with Crippen molar-refractivity contribution in [1.82, 2.24) is 9.80 Å². The third kappa shape index (κ3) is 5.61. The largest absolute Gasteiger partial charge is 0.496 e. The first-order valence-electron chi connectivity index (χ1n) is 8.43. The maximum absolute atomic E-state index is 12.7. The normalized spacial score (nSPS) is 18.1. The van der Waals surface area contributed by atoms with Crippen molar-refractivity contribution in [3.63, 3.8) is 0 Å². The van der Waals surface area contributed by atoms with Gasteiger partial charge in [0, 0.05) is 29.7 Å². The fourth-order valence-electron chi connectivity index (χ4n) is 3.27. The fraction of sp³-hybridized carbons (Fsp3) is 0.556. The highest BCUT2D eigenvalue weighted by Gasteiger charge is 2.24. The minimum atomic E-state index is -0.826. The number of carboxylic acids is 1. The summed E-state index contributed by atoms with van der Waals surface area (Å²) in [6.07, 6.45) is 2.79. The average Bonchev–Trinajstić information content (AvgIpc) is 2.80. The van der Waals surface area contributed by atoms with Crippen molar-refractivity contribution < 1.29 is 19.4 Å². The summed E-state index contributed by atoms with van der Waals surface area (Å²) >= 11 is 6.03. The predicted octanol–water partition coefficient (Wildman–Crippen LogP) is 2.29. The number of benzene rings is 1. The third-order valence-corrected chi connectivity index (χ3v) is 4.88. The van der Waals surface area contributed by atoms with Crippen molar-refractivity contribution in [2.75, 3.05) is 33.8 Å². The number of carboxylic acid groups (broad SMARTS) is 1. The summed E-state index contributed by atoms with van der Waals surface area (Å²) in [5.41, 5.74) is 0.781. The number of carbonyl (C=O) groups excluding carboxylic acids is 1. The molecule has 1 aliphatic rings. The lowest BCUT2D eigenvalue weighted by atomic mass is 10.1. The zero-order chi connectivity index (χ0) is 18.4. The fourth-order valence-corrected chi connectivity index (χ4v) is 3.47. The van der Waals surface area contributed by atoms with E-state index in [1.165, 1.54) is 0 Å². The van der Waals surface area contributed by atoms with Gasteiger partial charge in [-0.15, -0.1) is 0 Å². The van der Waals surface area contributed by atoms with Gasteiger partial charge in [-0.2, -0.15) is 0 Å². The Morgan fingerprint density at radius 1 is 1.36 bits per heavy atom. The van der Waals surface area contributed by atoms with Gasteiger partial charge in [0.1, 0.15) is 5.75 Å². The second-order valence-electron chi connectivity index (χ2n) is 6.41. The number of hydrogen-bond donors (Lipinski definition) is 1. The van der Waals surface area contributed by atoms with Gasteiger partial charge in [0.05, 0.1) is 20.1 Å². The number of ether oxygens (including phenoxy) is 1. The minimum Gasteiger partial charge on any atom is -0.496 e. The lowest BCUT2D eigenvalue weighted by Crippen LogP contribution is -2.37. The summed E-state index contributed by atoms with van der Waals surface area (Å²) in [6.45, 7) is 1.35. The molecule has 1 heterocycles.